The van der Waals surface area contributed by atoms with Gasteiger partial charge in [0.25, 0.3) is 0 Å². The SMILES string of the molecule is CS(=O)(=O)NC(N)=NCCSC[C@@H](N)C(=O)N1CCCC1. The lowest BCUT2D eigenvalue weighted by atomic mass is 10.3. The Morgan fingerprint density at radius 2 is 2.05 bits per heavy atom. The maximum Gasteiger partial charge on any atom is 0.240 e. The second kappa shape index (κ2) is 8.44. The third-order valence-electron chi connectivity index (χ3n) is 2.84. The summed E-state index contributed by atoms with van der Waals surface area (Å²) in [5, 5.41) is 0. The van der Waals surface area contributed by atoms with Crippen LogP contribution in [0.2, 0.25) is 0 Å². The van der Waals surface area contributed by atoms with E-state index in [9.17, 15) is 13.2 Å². The second-order valence-electron chi connectivity index (χ2n) is 4.85. The highest BCUT2D eigenvalue weighted by atomic mass is 32.2. The summed E-state index contributed by atoms with van der Waals surface area (Å²) in [6.07, 6.45) is 3.10. The van der Waals surface area contributed by atoms with Crippen molar-refractivity contribution in [2.45, 2.75) is 18.9 Å². The van der Waals surface area contributed by atoms with Gasteiger partial charge in [-0.1, -0.05) is 0 Å². The van der Waals surface area contributed by atoms with E-state index in [2.05, 4.69) is 9.71 Å². The molecule has 0 saturated carbocycles. The van der Waals surface area contributed by atoms with E-state index in [1.165, 1.54) is 11.8 Å². The minimum atomic E-state index is -3.38. The van der Waals surface area contributed by atoms with Crippen LogP contribution >= 0.6 is 11.8 Å². The average molecular weight is 337 g/mol. The van der Waals surface area contributed by atoms with Crippen LogP contribution < -0.4 is 16.2 Å². The number of guanidine groups is 1. The first kappa shape index (κ1) is 18.1. The summed E-state index contributed by atoms with van der Waals surface area (Å²) in [5.41, 5.74) is 11.3. The van der Waals surface area contributed by atoms with Gasteiger partial charge in [-0.3, -0.25) is 14.5 Å². The molecule has 0 aromatic carbocycles. The van der Waals surface area contributed by atoms with Gasteiger partial charge in [0.1, 0.15) is 0 Å². The number of nitrogens with one attached hydrogen (secondary N) is 1. The van der Waals surface area contributed by atoms with Gasteiger partial charge in [-0.25, -0.2) is 8.42 Å². The van der Waals surface area contributed by atoms with Crippen LogP contribution in [-0.4, -0.2) is 68.6 Å². The molecule has 1 aliphatic heterocycles. The number of likely N-dealkylation sites (tertiary alicyclic amines) is 1. The zero-order valence-corrected chi connectivity index (χ0v) is 13.8. The Balaban J connectivity index is 2.18. The van der Waals surface area contributed by atoms with Gasteiger partial charge in [0, 0.05) is 24.6 Å². The number of hydrogen-bond donors (Lipinski definition) is 3. The first-order chi connectivity index (χ1) is 9.79. The van der Waals surface area contributed by atoms with E-state index >= 15 is 0 Å². The molecule has 5 N–H and O–H groups in total. The first-order valence-corrected chi connectivity index (χ1v) is 9.74. The lowest BCUT2D eigenvalue weighted by Crippen LogP contribution is -2.43. The summed E-state index contributed by atoms with van der Waals surface area (Å²) < 4.78 is 23.8. The van der Waals surface area contributed by atoms with E-state index in [-0.39, 0.29) is 11.9 Å². The van der Waals surface area contributed by atoms with Crippen LogP contribution in [0.3, 0.4) is 0 Å². The van der Waals surface area contributed by atoms with Crippen molar-refractivity contribution in [2.24, 2.45) is 16.5 Å². The Kier molecular flexibility index (Phi) is 7.26. The molecule has 1 heterocycles. The molecule has 1 saturated heterocycles. The first-order valence-electron chi connectivity index (χ1n) is 6.69. The monoisotopic (exact) mass is 337 g/mol. The minimum Gasteiger partial charge on any atom is -0.369 e. The fourth-order valence-electron chi connectivity index (χ4n) is 1.91. The molecule has 8 nitrogen and oxygen atoms in total. The van der Waals surface area contributed by atoms with E-state index in [0.29, 0.717) is 18.1 Å². The van der Waals surface area contributed by atoms with Crippen LogP contribution in [0.25, 0.3) is 0 Å². The molecule has 0 unspecified atom stereocenters. The molecule has 1 amide bonds. The third kappa shape index (κ3) is 7.53. The Bertz CT molecular complexity index is 474. The zero-order valence-electron chi connectivity index (χ0n) is 12.1. The Labute approximate surface area is 129 Å². The molecule has 1 atom stereocenters. The molecule has 10 heteroatoms. The quantitative estimate of drug-likeness (QED) is 0.295. The summed E-state index contributed by atoms with van der Waals surface area (Å²) in [7, 11) is -3.38. The predicted molar refractivity (Wildman–Crippen MR) is 85.6 cm³/mol. The van der Waals surface area contributed by atoms with E-state index in [1.54, 1.807) is 4.90 Å². The van der Waals surface area contributed by atoms with Gasteiger partial charge in [0.05, 0.1) is 18.8 Å². The molecule has 1 fully saturated rings. The number of carbonyl (C=O) groups excluding carboxylic acids is 1. The van der Waals surface area contributed by atoms with E-state index < -0.39 is 16.1 Å². The van der Waals surface area contributed by atoms with Crippen LogP contribution in [-0.2, 0) is 14.8 Å². The minimum absolute atomic E-state index is 0.00163. The van der Waals surface area contributed by atoms with Crippen molar-refractivity contribution in [3.05, 3.63) is 0 Å². The average Bonchev–Trinajstić information content (AvgIpc) is 2.88. The number of carbonyl (C=O) groups is 1. The number of thioether (sulfide) groups is 1. The highest BCUT2D eigenvalue weighted by molar-refractivity contribution is 7.99. The lowest BCUT2D eigenvalue weighted by molar-refractivity contribution is -0.130. The van der Waals surface area contributed by atoms with Crippen LogP contribution in [0.15, 0.2) is 4.99 Å². The van der Waals surface area contributed by atoms with Crippen molar-refractivity contribution >= 4 is 33.7 Å². The van der Waals surface area contributed by atoms with Crippen molar-refractivity contribution in [1.82, 2.24) is 9.62 Å². The van der Waals surface area contributed by atoms with E-state index in [1.807, 2.05) is 0 Å². The van der Waals surface area contributed by atoms with Gasteiger partial charge in [0.2, 0.25) is 21.9 Å². The maximum absolute atomic E-state index is 11.9. The number of hydrogen-bond acceptors (Lipinski definition) is 6. The van der Waals surface area contributed by atoms with E-state index in [0.717, 1.165) is 32.2 Å². The Morgan fingerprint density at radius 1 is 1.43 bits per heavy atom. The second-order valence-corrected chi connectivity index (χ2v) is 7.75. The van der Waals surface area contributed by atoms with Crippen molar-refractivity contribution in [3.63, 3.8) is 0 Å². The molecule has 0 bridgehead atoms. The topological polar surface area (TPSA) is 131 Å². The summed E-state index contributed by atoms with van der Waals surface area (Å²) in [4.78, 5) is 17.6. The highest BCUT2D eigenvalue weighted by Crippen LogP contribution is 2.10. The Morgan fingerprint density at radius 3 is 2.62 bits per heavy atom. The van der Waals surface area contributed by atoms with E-state index in [4.69, 9.17) is 11.5 Å². The van der Waals surface area contributed by atoms with Gasteiger partial charge >= 0.3 is 0 Å². The molecular formula is C11H23N5O3S2. The van der Waals surface area contributed by atoms with Gasteiger partial charge in [-0.15, -0.1) is 0 Å². The number of rotatable bonds is 7. The molecule has 0 radical (unpaired) electrons. The molecule has 1 rings (SSSR count). The Hall–Kier alpha value is -1.00. The van der Waals surface area contributed by atoms with Crippen LogP contribution in [0.5, 0.6) is 0 Å². The fourth-order valence-corrected chi connectivity index (χ4v) is 3.13. The maximum atomic E-state index is 11.9. The molecule has 0 spiro atoms. The van der Waals surface area contributed by atoms with Crippen LogP contribution in [0.1, 0.15) is 12.8 Å². The number of sulfonamides is 1. The lowest BCUT2D eigenvalue weighted by Gasteiger charge is -2.19. The fraction of sp³-hybridized carbons (Fsp3) is 0.818. The number of amides is 1. The highest BCUT2D eigenvalue weighted by Gasteiger charge is 2.23. The third-order valence-corrected chi connectivity index (χ3v) is 4.49. The molecule has 0 aromatic heterocycles. The van der Waals surface area contributed by atoms with Crippen molar-refractivity contribution in [2.75, 3.05) is 37.4 Å². The van der Waals surface area contributed by atoms with Crippen molar-refractivity contribution in [3.8, 4) is 0 Å². The van der Waals surface area contributed by atoms with Crippen LogP contribution in [0.4, 0.5) is 0 Å². The summed E-state index contributed by atoms with van der Waals surface area (Å²) in [6.45, 7) is 1.97. The largest absolute Gasteiger partial charge is 0.369 e. The zero-order chi connectivity index (χ0) is 15.9. The normalized spacial score (nSPS) is 17.8. The van der Waals surface area contributed by atoms with Gasteiger partial charge < -0.3 is 16.4 Å². The predicted octanol–water partition coefficient (Wildman–Crippen LogP) is -1.47. The number of nitrogens with two attached hydrogens (primary N) is 2. The van der Waals surface area contributed by atoms with Crippen LogP contribution in [0, 0.1) is 0 Å². The number of aliphatic imine (C=N–C) groups is 1. The van der Waals surface area contributed by atoms with Crippen molar-refractivity contribution in [1.29, 1.82) is 0 Å². The van der Waals surface area contributed by atoms with Gasteiger partial charge in [-0.2, -0.15) is 11.8 Å². The molecule has 21 heavy (non-hydrogen) atoms. The summed E-state index contributed by atoms with van der Waals surface area (Å²) >= 11 is 1.50. The summed E-state index contributed by atoms with van der Waals surface area (Å²) in [6, 6.07) is -0.497. The smallest absolute Gasteiger partial charge is 0.240 e. The molecular weight excluding hydrogens is 314 g/mol. The van der Waals surface area contributed by atoms with Crippen molar-refractivity contribution < 1.29 is 13.2 Å². The molecule has 122 valence electrons. The standard InChI is InChI=1S/C11H23N5O3S2/c1-21(18,19)15-11(13)14-4-7-20-8-9(12)10(17)16-5-2-3-6-16/h9H,2-8,12H2,1H3,(H3,13,14,15)/t9-/m1/s1. The molecule has 0 aromatic rings. The van der Waals surface area contributed by atoms with Gasteiger partial charge in [-0.05, 0) is 12.8 Å². The number of nitrogens with zero attached hydrogens (tertiary/aromatic N) is 2. The van der Waals surface area contributed by atoms with Gasteiger partial charge in [0.15, 0.2) is 0 Å². The molecule has 1 aliphatic rings. The summed E-state index contributed by atoms with van der Waals surface area (Å²) in [5.74, 6) is 1.01. The molecule has 0 aliphatic carbocycles.